The number of hydrogen-bond donors (Lipinski definition) is 2. The zero-order valence-corrected chi connectivity index (χ0v) is 7.91. The molecule has 0 unspecified atom stereocenters. The van der Waals surface area contributed by atoms with Crippen molar-refractivity contribution >= 4 is 0 Å². The molecule has 0 aliphatic heterocycles. The summed E-state index contributed by atoms with van der Waals surface area (Å²) in [7, 11) is 0. The van der Waals surface area contributed by atoms with E-state index >= 15 is 0 Å². The van der Waals surface area contributed by atoms with Gasteiger partial charge < -0.3 is 11.6 Å². The molecular formula is C7H9NaO2. The maximum atomic E-state index is 8.77. The summed E-state index contributed by atoms with van der Waals surface area (Å²) >= 11 is 0. The largest absolute Gasteiger partial charge is 1.00 e. The van der Waals surface area contributed by atoms with Crippen LogP contribution in [0, 0.1) is 0 Å². The van der Waals surface area contributed by atoms with Gasteiger partial charge in [0, 0.05) is 0 Å². The predicted octanol–water partition coefficient (Wildman–Crippen LogP) is -2.00. The van der Waals surface area contributed by atoms with Gasteiger partial charge in [-0.3, -0.25) is 0 Å². The van der Waals surface area contributed by atoms with Crippen LogP contribution in [0.1, 0.15) is 6.99 Å². The van der Waals surface area contributed by atoms with Crippen LogP contribution in [0.4, 0.5) is 0 Å². The van der Waals surface area contributed by atoms with Gasteiger partial charge >= 0.3 is 29.6 Å². The summed E-state index contributed by atoms with van der Waals surface area (Å²) in [6.07, 6.45) is 0. The second-order valence-corrected chi connectivity index (χ2v) is 1.82. The Balaban J connectivity index is 0. The van der Waals surface area contributed by atoms with Crippen LogP contribution in [0.5, 0.6) is 5.75 Å². The molecule has 0 aliphatic rings. The number of benzene rings is 1. The van der Waals surface area contributed by atoms with Crippen molar-refractivity contribution in [1.82, 2.24) is 0 Å². The fraction of sp³-hybridized carbons (Fsp3) is 0.143. The van der Waals surface area contributed by atoms with Gasteiger partial charge in [0.05, 0.1) is 6.61 Å². The van der Waals surface area contributed by atoms with E-state index in [1.54, 1.807) is 24.3 Å². The van der Waals surface area contributed by atoms with Crippen LogP contribution in [-0.4, -0.2) is 10.2 Å². The first-order chi connectivity index (χ1) is 4.33. The van der Waals surface area contributed by atoms with E-state index in [1.165, 1.54) is 0 Å². The van der Waals surface area contributed by atoms with Gasteiger partial charge in [-0.2, -0.15) is 0 Å². The first-order valence-corrected chi connectivity index (χ1v) is 2.71. The van der Waals surface area contributed by atoms with Crippen molar-refractivity contribution in [3.63, 3.8) is 0 Å². The summed E-state index contributed by atoms with van der Waals surface area (Å²) in [5.74, 6) is 0.229. The van der Waals surface area contributed by atoms with Gasteiger partial charge in [0.1, 0.15) is 5.75 Å². The number of rotatable bonds is 1. The van der Waals surface area contributed by atoms with E-state index in [4.69, 9.17) is 10.2 Å². The summed E-state index contributed by atoms with van der Waals surface area (Å²) in [5, 5.41) is 17.3. The van der Waals surface area contributed by atoms with Crippen LogP contribution >= 0.6 is 0 Å². The zero-order chi connectivity index (χ0) is 6.69. The van der Waals surface area contributed by atoms with Gasteiger partial charge in [0.2, 0.25) is 0 Å². The second-order valence-electron chi connectivity index (χ2n) is 1.82. The Kier molecular flexibility index (Phi) is 4.73. The molecule has 2 nitrogen and oxygen atoms in total. The third-order valence-corrected chi connectivity index (χ3v) is 1.12. The molecule has 10 heavy (non-hydrogen) atoms. The van der Waals surface area contributed by atoms with Crippen LogP contribution in [0.3, 0.4) is 0 Å². The molecule has 0 atom stereocenters. The number of aromatic hydroxyl groups is 1. The molecule has 0 fully saturated rings. The number of hydrogen-bond acceptors (Lipinski definition) is 2. The minimum atomic E-state index is 0. The summed E-state index contributed by atoms with van der Waals surface area (Å²) in [5.41, 5.74) is 0.813. The average Bonchev–Trinajstić information content (AvgIpc) is 1.90. The van der Waals surface area contributed by atoms with Crippen LogP contribution < -0.4 is 29.6 Å². The van der Waals surface area contributed by atoms with Gasteiger partial charge in [-0.1, -0.05) is 12.1 Å². The van der Waals surface area contributed by atoms with Crippen molar-refractivity contribution < 1.29 is 41.2 Å². The van der Waals surface area contributed by atoms with Crippen molar-refractivity contribution in [2.75, 3.05) is 0 Å². The van der Waals surface area contributed by atoms with Crippen LogP contribution in [0.2, 0.25) is 0 Å². The van der Waals surface area contributed by atoms with Gasteiger partial charge in [-0.15, -0.1) is 0 Å². The van der Waals surface area contributed by atoms with E-state index in [1.807, 2.05) is 0 Å². The molecule has 2 N–H and O–H groups in total. The van der Waals surface area contributed by atoms with E-state index in [9.17, 15) is 0 Å². The monoisotopic (exact) mass is 148 g/mol. The molecule has 0 aromatic heterocycles. The summed E-state index contributed by atoms with van der Waals surface area (Å²) in [6.45, 7) is 0.0281. The third-order valence-electron chi connectivity index (χ3n) is 1.12. The first kappa shape index (κ1) is 9.98. The SMILES string of the molecule is OCc1ccc(O)cc1.[H-].[Na+]. The van der Waals surface area contributed by atoms with Crippen LogP contribution in [0.25, 0.3) is 0 Å². The van der Waals surface area contributed by atoms with E-state index < -0.39 is 0 Å². The van der Waals surface area contributed by atoms with Crippen LogP contribution in [-0.2, 0) is 6.61 Å². The van der Waals surface area contributed by atoms with Gasteiger partial charge in [-0.05, 0) is 17.7 Å². The normalized spacial score (nSPS) is 8.50. The van der Waals surface area contributed by atoms with Gasteiger partial charge in [-0.25, -0.2) is 0 Å². The Morgan fingerprint density at radius 2 is 1.70 bits per heavy atom. The Hall–Kier alpha value is -0.0200. The van der Waals surface area contributed by atoms with Crippen LogP contribution in [0.15, 0.2) is 24.3 Å². The van der Waals surface area contributed by atoms with Gasteiger partial charge in [0.25, 0.3) is 0 Å². The topological polar surface area (TPSA) is 40.5 Å². The van der Waals surface area contributed by atoms with Crippen molar-refractivity contribution in [2.45, 2.75) is 6.61 Å². The van der Waals surface area contributed by atoms with Crippen molar-refractivity contribution in [1.29, 1.82) is 0 Å². The Labute approximate surface area is 83.3 Å². The first-order valence-electron chi connectivity index (χ1n) is 2.71. The molecule has 0 aliphatic carbocycles. The number of phenolic OH excluding ortho intramolecular Hbond substituents is 1. The molecular weight excluding hydrogens is 139 g/mol. The molecule has 0 saturated heterocycles. The fourth-order valence-electron chi connectivity index (χ4n) is 0.601. The quantitative estimate of drug-likeness (QED) is 0.452. The molecule has 1 rings (SSSR count). The second kappa shape index (κ2) is 4.74. The maximum absolute atomic E-state index is 8.77. The molecule has 3 heteroatoms. The standard InChI is InChI=1S/C7H8O2.Na.H/c8-5-6-1-3-7(9)4-2-6;;/h1-4,8-9H,5H2;;/q;+1;-1. The smallest absolute Gasteiger partial charge is 1.00 e. The summed E-state index contributed by atoms with van der Waals surface area (Å²) < 4.78 is 0. The number of aliphatic hydroxyl groups excluding tert-OH is 1. The van der Waals surface area contributed by atoms with E-state index in [2.05, 4.69) is 0 Å². The molecule has 0 spiro atoms. The number of aliphatic hydroxyl groups is 1. The minimum Gasteiger partial charge on any atom is -1.00 e. The van der Waals surface area contributed by atoms with E-state index in [0.29, 0.717) is 0 Å². The molecule has 1 aromatic rings. The summed E-state index contributed by atoms with van der Waals surface area (Å²) in [6, 6.07) is 6.45. The number of phenols is 1. The van der Waals surface area contributed by atoms with E-state index in [0.717, 1.165) is 5.56 Å². The Morgan fingerprint density at radius 3 is 2.10 bits per heavy atom. The van der Waals surface area contributed by atoms with E-state index in [-0.39, 0.29) is 43.3 Å². The Morgan fingerprint density at radius 1 is 1.20 bits per heavy atom. The zero-order valence-electron chi connectivity index (χ0n) is 6.91. The molecule has 0 heterocycles. The Bertz CT molecular complexity index is 188. The molecule has 0 radical (unpaired) electrons. The maximum Gasteiger partial charge on any atom is 1.00 e. The van der Waals surface area contributed by atoms with Gasteiger partial charge in [0.15, 0.2) is 0 Å². The minimum absolute atomic E-state index is 0. The fourth-order valence-corrected chi connectivity index (χ4v) is 0.601. The molecule has 0 bridgehead atoms. The molecule has 1 aromatic carbocycles. The van der Waals surface area contributed by atoms with Crippen molar-refractivity contribution in [3.05, 3.63) is 29.8 Å². The third kappa shape index (κ3) is 2.71. The van der Waals surface area contributed by atoms with Crippen molar-refractivity contribution in [2.24, 2.45) is 0 Å². The molecule has 50 valence electrons. The molecule has 0 saturated carbocycles. The van der Waals surface area contributed by atoms with Crippen molar-refractivity contribution in [3.8, 4) is 5.75 Å². The average molecular weight is 148 g/mol. The predicted molar refractivity (Wildman–Crippen MR) is 35.1 cm³/mol. The summed E-state index contributed by atoms with van der Waals surface area (Å²) in [4.78, 5) is 0. The molecule has 0 amide bonds.